The van der Waals surface area contributed by atoms with Crippen molar-refractivity contribution in [2.45, 2.75) is 57.7 Å². The summed E-state index contributed by atoms with van der Waals surface area (Å²) >= 11 is 6.12. The minimum Gasteiger partial charge on any atom is -0.356 e. The maximum Gasteiger partial charge on any atom is 0.220 e. The number of hydrogen-bond acceptors (Lipinski definition) is 1. The second-order valence-electron chi connectivity index (χ2n) is 5.37. The molecule has 2 unspecified atom stereocenters. The summed E-state index contributed by atoms with van der Waals surface area (Å²) in [7, 11) is 0. The molecule has 0 radical (unpaired) electrons. The lowest BCUT2D eigenvalue weighted by atomic mass is 9.89. The summed E-state index contributed by atoms with van der Waals surface area (Å²) in [6.07, 6.45) is 6.27. The second kappa shape index (κ2) is 7.16. The van der Waals surface area contributed by atoms with Crippen LogP contribution in [-0.4, -0.2) is 17.8 Å². The molecule has 1 fully saturated rings. The molecule has 0 aromatic carbocycles. The fourth-order valence-electron chi connectivity index (χ4n) is 2.18. The van der Waals surface area contributed by atoms with Crippen molar-refractivity contribution < 1.29 is 4.79 Å². The molecule has 16 heavy (non-hydrogen) atoms. The van der Waals surface area contributed by atoms with E-state index in [1.165, 1.54) is 12.8 Å². The molecular formula is C13H24ClNO. The lowest BCUT2D eigenvalue weighted by molar-refractivity contribution is -0.121. The Morgan fingerprint density at radius 3 is 2.81 bits per heavy atom. The van der Waals surface area contributed by atoms with Crippen LogP contribution in [0, 0.1) is 11.8 Å². The molecule has 0 aromatic heterocycles. The largest absolute Gasteiger partial charge is 0.356 e. The zero-order valence-electron chi connectivity index (χ0n) is 10.5. The Balaban J connectivity index is 2.11. The van der Waals surface area contributed by atoms with Gasteiger partial charge in [0.15, 0.2) is 0 Å². The maximum atomic E-state index is 11.5. The van der Waals surface area contributed by atoms with Gasteiger partial charge in [-0.2, -0.15) is 0 Å². The van der Waals surface area contributed by atoms with Gasteiger partial charge in [0, 0.05) is 18.3 Å². The molecule has 0 spiro atoms. The van der Waals surface area contributed by atoms with Crippen LogP contribution < -0.4 is 5.32 Å². The number of alkyl halides is 1. The standard InChI is InChI=1S/C13H24ClNO/c1-10(2)6-7-13(16)15-9-11-4-3-5-12(14)8-11/h10-12H,3-9H2,1-2H3,(H,15,16). The van der Waals surface area contributed by atoms with E-state index in [-0.39, 0.29) is 5.91 Å². The van der Waals surface area contributed by atoms with Gasteiger partial charge in [-0.05, 0) is 37.5 Å². The molecule has 0 bridgehead atoms. The molecule has 1 saturated carbocycles. The SMILES string of the molecule is CC(C)CCC(=O)NCC1CCCC(Cl)C1. The molecule has 0 aliphatic heterocycles. The number of amides is 1. The molecule has 0 saturated heterocycles. The molecular weight excluding hydrogens is 222 g/mol. The number of rotatable bonds is 5. The fraction of sp³-hybridized carbons (Fsp3) is 0.923. The van der Waals surface area contributed by atoms with Crippen molar-refractivity contribution in [1.29, 1.82) is 0 Å². The fourth-order valence-corrected chi connectivity index (χ4v) is 2.58. The third-order valence-electron chi connectivity index (χ3n) is 3.26. The van der Waals surface area contributed by atoms with Crippen LogP contribution in [0.1, 0.15) is 52.4 Å². The molecule has 0 aromatic rings. The van der Waals surface area contributed by atoms with Crippen LogP contribution in [0.2, 0.25) is 0 Å². The summed E-state index contributed by atoms with van der Waals surface area (Å²) < 4.78 is 0. The third kappa shape index (κ3) is 5.74. The van der Waals surface area contributed by atoms with E-state index in [0.29, 0.717) is 23.6 Å². The third-order valence-corrected chi connectivity index (χ3v) is 3.65. The Morgan fingerprint density at radius 1 is 1.44 bits per heavy atom. The van der Waals surface area contributed by atoms with Crippen LogP contribution in [0.15, 0.2) is 0 Å². The van der Waals surface area contributed by atoms with E-state index >= 15 is 0 Å². The van der Waals surface area contributed by atoms with Gasteiger partial charge in [0.2, 0.25) is 5.91 Å². The van der Waals surface area contributed by atoms with Gasteiger partial charge in [-0.1, -0.05) is 20.3 Å². The zero-order valence-corrected chi connectivity index (χ0v) is 11.2. The summed E-state index contributed by atoms with van der Waals surface area (Å²) in [4.78, 5) is 11.5. The Bertz CT molecular complexity index is 218. The number of nitrogens with one attached hydrogen (secondary N) is 1. The highest BCUT2D eigenvalue weighted by molar-refractivity contribution is 6.20. The molecule has 2 nitrogen and oxygen atoms in total. The van der Waals surface area contributed by atoms with Crippen molar-refractivity contribution in [3.63, 3.8) is 0 Å². The van der Waals surface area contributed by atoms with Crippen molar-refractivity contribution in [2.75, 3.05) is 6.54 Å². The Morgan fingerprint density at radius 2 is 2.19 bits per heavy atom. The highest BCUT2D eigenvalue weighted by Gasteiger charge is 2.20. The van der Waals surface area contributed by atoms with E-state index in [1.807, 2.05) is 0 Å². The monoisotopic (exact) mass is 245 g/mol. The topological polar surface area (TPSA) is 29.1 Å². The molecule has 1 amide bonds. The Labute approximate surface area is 104 Å². The van der Waals surface area contributed by atoms with E-state index < -0.39 is 0 Å². The average molecular weight is 246 g/mol. The van der Waals surface area contributed by atoms with E-state index in [2.05, 4.69) is 19.2 Å². The lowest BCUT2D eigenvalue weighted by Crippen LogP contribution is -2.32. The molecule has 0 heterocycles. The summed E-state index contributed by atoms with van der Waals surface area (Å²) in [5.41, 5.74) is 0. The number of halogens is 1. The quantitative estimate of drug-likeness (QED) is 0.740. The van der Waals surface area contributed by atoms with Crippen molar-refractivity contribution in [3.05, 3.63) is 0 Å². The lowest BCUT2D eigenvalue weighted by Gasteiger charge is -2.25. The Hall–Kier alpha value is -0.240. The highest BCUT2D eigenvalue weighted by Crippen LogP contribution is 2.27. The van der Waals surface area contributed by atoms with Crippen molar-refractivity contribution in [2.24, 2.45) is 11.8 Å². The summed E-state index contributed by atoms with van der Waals surface area (Å²) in [5.74, 6) is 1.40. The molecule has 1 aliphatic rings. The van der Waals surface area contributed by atoms with E-state index in [0.717, 1.165) is 25.8 Å². The van der Waals surface area contributed by atoms with Crippen molar-refractivity contribution in [3.8, 4) is 0 Å². The van der Waals surface area contributed by atoms with Gasteiger partial charge in [0.05, 0.1) is 0 Å². The summed E-state index contributed by atoms with van der Waals surface area (Å²) in [6, 6.07) is 0. The van der Waals surface area contributed by atoms with Crippen molar-refractivity contribution >= 4 is 17.5 Å². The zero-order chi connectivity index (χ0) is 12.0. The van der Waals surface area contributed by atoms with Gasteiger partial charge in [-0.15, -0.1) is 11.6 Å². The molecule has 2 atom stereocenters. The molecule has 1 N–H and O–H groups in total. The van der Waals surface area contributed by atoms with E-state index in [9.17, 15) is 4.79 Å². The molecule has 94 valence electrons. The predicted octanol–water partition coefficient (Wildman–Crippen LogP) is 3.34. The molecule has 1 aliphatic carbocycles. The van der Waals surface area contributed by atoms with Crippen LogP contribution in [0.25, 0.3) is 0 Å². The Kier molecular flexibility index (Phi) is 6.18. The van der Waals surface area contributed by atoms with Gasteiger partial charge in [0.25, 0.3) is 0 Å². The van der Waals surface area contributed by atoms with Crippen LogP contribution in [-0.2, 0) is 4.79 Å². The summed E-state index contributed by atoms with van der Waals surface area (Å²) in [6.45, 7) is 5.11. The first kappa shape index (κ1) is 13.8. The highest BCUT2D eigenvalue weighted by atomic mass is 35.5. The van der Waals surface area contributed by atoms with Gasteiger partial charge in [0.1, 0.15) is 0 Å². The summed E-state index contributed by atoms with van der Waals surface area (Å²) in [5, 5.41) is 3.36. The van der Waals surface area contributed by atoms with Gasteiger partial charge >= 0.3 is 0 Å². The normalized spacial score (nSPS) is 25.8. The predicted molar refractivity (Wildman–Crippen MR) is 68.7 cm³/mol. The number of hydrogen-bond donors (Lipinski definition) is 1. The minimum atomic E-state index is 0.199. The van der Waals surface area contributed by atoms with Crippen LogP contribution in [0.4, 0.5) is 0 Å². The van der Waals surface area contributed by atoms with E-state index in [1.54, 1.807) is 0 Å². The minimum absolute atomic E-state index is 0.199. The number of carbonyl (C=O) groups excluding carboxylic acids is 1. The number of carbonyl (C=O) groups is 1. The first-order valence-corrected chi connectivity index (χ1v) is 6.92. The van der Waals surface area contributed by atoms with Gasteiger partial charge in [-0.25, -0.2) is 0 Å². The molecule has 1 rings (SSSR count). The van der Waals surface area contributed by atoms with Gasteiger partial charge < -0.3 is 5.32 Å². The van der Waals surface area contributed by atoms with Crippen molar-refractivity contribution in [1.82, 2.24) is 5.32 Å². The average Bonchev–Trinajstić information content (AvgIpc) is 2.23. The van der Waals surface area contributed by atoms with Crippen LogP contribution in [0.3, 0.4) is 0 Å². The van der Waals surface area contributed by atoms with Crippen LogP contribution >= 0.6 is 11.6 Å². The first-order chi connectivity index (χ1) is 7.58. The van der Waals surface area contributed by atoms with Crippen LogP contribution in [0.5, 0.6) is 0 Å². The maximum absolute atomic E-state index is 11.5. The molecule has 3 heteroatoms. The second-order valence-corrected chi connectivity index (χ2v) is 5.98. The smallest absolute Gasteiger partial charge is 0.220 e. The first-order valence-electron chi connectivity index (χ1n) is 6.48. The van der Waals surface area contributed by atoms with Gasteiger partial charge in [-0.3, -0.25) is 4.79 Å². The van der Waals surface area contributed by atoms with E-state index in [4.69, 9.17) is 11.6 Å².